The van der Waals surface area contributed by atoms with Gasteiger partial charge in [-0.05, 0) is 30.3 Å². The summed E-state index contributed by atoms with van der Waals surface area (Å²) in [6.07, 6.45) is 0. The SMILES string of the molecule is O=C1c2ccc(Cl)cc2C(=O)N1OS(=O)(=O)c1ccccc1. The van der Waals surface area contributed by atoms with Crippen LogP contribution in [0, 0.1) is 0 Å². The van der Waals surface area contributed by atoms with E-state index in [1.807, 2.05) is 0 Å². The van der Waals surface area contributed by atoms with Crippen LogP contribution in [0.4, 0.5) is 0 Å². The van der Waals surface area contributed by atoms with Crippen molar-refractivity contribution >= 4 is 33.5 Å². The second-order valence-corrected chi connectivity index (χ2v) is 6.40. The maximum absolute atomic E-state index is 12.1. The van der Waals surface area contributed by atoms with Gasteiger partial charge in [-0.2, -0.15) is 8.42 Å². The van der Waals surface area contributed by atoms with E-state index < -0.39 is 21.9 Å². The number of rotatable bonds is 3. The van der Waals surface area contributed by atoms with Gasteiger partial charge in [0.15, 0.2) is 0 Å². The number of hydrogen-bond acceptors (Lipinski definition) is 5. The minimum atomic E-state index is -4.29. The predicted octanol–water partition coefficient (Wildman–Crippen LogP) is 2.26. The molecule has 2 aromatic carbocycles. The van der Waals surface area contributed by atoms with Gasteiger partial charge in [0, 0.05) is 5.02 Å². The molecule has 6 nitrogen and oxygen atoms in total. The number of nitrogens with zero attached hydrogens (tertiary/aromatic N) is 1. The molecule has 0 unspecified atom stereocenters. The molecule has 0 saturated carbocycles. The minimum absolute atomic E-state index is 0.000705. The second kappa shape index (κ2) is 5.20. The van der Waals surface area contributed by atoms with Crippen LogP contribution in [0.5, 0.6) is 0 Å². The van der Waals surface area contributed by atoms with Crippen molar-refractivity contribution in [2.24, 2.45) is 0 Å². The number of hydrogen-bond donors (Lipinski definition) is 0. The summed E-state index contributed by atoms with van der Waals surface area (Å²) in [5, 5.41) is 0.483. The third-order valence-electron chi connectivity index (χ3n) is 3.02. The summed E-state index contributed by atoms with van der Waals surface area (Å²) >= 11 is 5.77. The largest absolute Gasteiger partial charge is 0.318 e. The molecule has 0 spiro atoms. The third-order valence-corrected chi connectivity index (χ3v) is 4.45. The van der Waals surface area contributed by atoms with Crippen LogP contribution in [0.15, 0.2) is 53.4 Å². The van der Waals surface area contributed by atoms with Crippen molar-refractivity contribution in [1.29, 1.82) is 0 Å². The van der Waals surface area contributed by atoms with E-state index in [0.29, 0.717) is 0 Å². The number of benzene rings is 2. The standard InChI is InChI=1S/C14H8ClNO5S/c15-9-6-7-11-12(8-9)14(18)16(13(11)17)21-22(19,20)10-4-2-1-3-5-10/h1-8H. The lowest BCUT2D eigenvalue weighted by molar-refractivity contribution is -0.0103. The zero-order chi connectivity index (χ0) is 15.9. The molecule has 22 heavy (non-hydrogen) atoms. The molecular formula is C14H8ClNO5S. The van der Waals surface area contributed by atoms with Crippen molar-refractivity contribution in [2.75, 3.05) is 0 Å². The number of carbonyl (C=O) groups is 2. The van der Waals surface area contributed by atoms with Crippen molar-refractivity contribution in [1.82, 2.24) is 5.06 Å². The fourth-order valence-corrected chi connectivity index (χ4v) is 3.07. The van der Waals surface area contributed by atoms with E-state index in [2.05, 4.69) is 0 Å². The number of imide groups is 1. The molecule has 112 valence electrons. The predicted molar refractivity (Wildman–Crippen MR) is 76.7 cm³/mol. The molecule has 2 amide bonds. The van der Waals surface area contributed by atoms with Gasteiger partial charge in [-0.25, -0.2) is 0 Å². The summed E-state index contributed by atoms with van der Waals surface area (Å²) < 4.78 is 28.9. The van der Waals surface area contributed by atoms with Gasteiger partial charge in [0.25, 0.3) is 11.8 Å². The van der Waals surface area contributed by atoms with Crippen LogP contribution >= 0.6 is 11.6 Å². The Bertz CT molecular complexity index is 879. The molecule has 1 aliphatic rings. The summed E-state index contributed by atoms with van der Waals surface area (Å²) in [4.78, 5) is 24.1. The Morgan fingerprint density at radius 1 is 0.909 bits per heavy atom. The monoisotopic (exact) mass is 337 g/mol. The maximum atomic E-state index is 12.1. The van der Waals surface area contributed by atoms with E-state index in [1.54, 1.807) is 6.07 Å². The fraction of sp³-hybridized carbons (Fsp3) is 0. The van der Waals surface area contributed by atoms with E-state index in [4.69, 9.17) is 15.9 Å². The van der Waals surface area contributed by atoms with Crippen molar-refractivity contribution in [3.63, 3.8) is 0 Å². The van der Waals surface area contributed by atoms with E-state index >= 15 is 0 Å². The molecule has 1 heterocycles. The summed E-state index contributed by atoms with van der Waals surface area (Å²) in [5.41, 5.74) is 0.0402. The van der Waals surface area contributed by atoms with Crippen LogP contribution in [0.2, 0.25) is 5.02 Å². The Labute approximate surface area is 131 Å². The highest BCUT2D eigenvalue weighted by atomic mass is 35.5. The van der Waals surface area contributed by atoms with Gasteiger partial charge in [-0.15, -0.1) is 9.35 Å². The number of amides is 2. The normalized spacial score (nSPS) is 14.3. The summed E-state index contributed by atoms with van der Waals surface area (Å²) in [5.74, 6) is -1.72. The van der Waals surface area contributed by atoms with Crippen LogP contribution in [-0.4, -0.2) is 25.3 Å². The Morgan fingerprint density at radius 2 is 1.55 bits per heavy atom. The first-order valence-corrected chi connectivity index (χ1v) is 7.87. The average Bonchev–Trinajstić information content (AvgIpc) is 2.73. The molecule has 0 aliphatic carbocycles. The molecule has 0 atom stereocenters. The Morgan fingerprint density at radius 3 is 2.23 bits per heavy atom. The Hall–Kier alpha value is -2.22. The van der Waals surface area contributed by atoms with Gasteiger partial charge in [-0.1, -0.05) is 29.8 Å². The van der Waals surface area contributed by atoms with Crippen LogP contribution in [-0.2, 0) is 14.4 Å². The minimum Gasteiger partial charge on any atom is -0.266 e. The molecule has 8 heteroatoms. The van der Waals surface area contributed by atoms with Gasteiger partial charge in [0.1, 0.15) is 0 Å². The third kappa shape index (κ3) is 2.39. The molecule has 3 rings (SSSR count). The number of hydroxylamine groups is 2. The van der Waals surface area contributed by atoms with Crippen molar-refractivity contribution in [3.05, 3.63) is 64.7 Å². The van der Waals surface area contributed by atoms with Crippen molar-refractivity contribution < 1.29 is 22.3 Å². The number of fused-ring (bicyclic) bond motifs is 1. The first kappa shape index (κ1) is 14.7. The Balaban J connectivity index is 1.95. The first-order valence-electron chi connectivity index (χ1n) is 6.08. The lowest BCUT2D eigenvalue weighted by Gasteiger charge is -2.12. The van der Waals surface area contributed by atoms with Crippen LogP contribution in [0.3, 0.4) is 0 Å². The van der Waals surface area contributed by atoms with Gasteiger partial charge < -0.3 is 0 Å². The zero-order valence-electron chi connectivity index (χ0n) is 10.9. The van der Waals surface area contributed by atoms with Crippen LogP contribution < -0.4 is 0 Å². The van der Waals surface area contributed by atoms with Gasteiger partial charge in [0.2, 0.25) is 0 Å². The number of carbonyl (C=O) groups excluding carboxylic acids is 2. The van der Waals surface area contributed by atoms with E-state index in [-0.39, 0.29) is 26.1 Å². The van der Waals surface area contributed by atoms with Crippen molar-refractivity contribution in [2.45, 2.75) is 4.90 Å². The highest BCUT2D eigenvalue weighted by Gasteiger charge is 2.40. The smallest absolute Gasteiger partial charge is 0.266 e. The molecule has 0 radical (unpaired) electrons. The molecular weight excluding hydrogens is 330 g/mol. The van der Waals surface area contributed by atoms with Gasteiger partial charge >= 0.3 is 10.1 Å². The second-order valence-electron chi connectivity index (χ2n) is 4.44. The van der Waals surface area contributed by atoms with E-state index in [1.165, 1.54) is 42.5 Å². The molecule has 0 bridgehead atoms. The first-order chi connectivity index (χ1) is 10.4. The highest BCUT2D eigenvalue weighted by molar-refractivity contribution is 7.86. The summed E-state index contributed by atoms with van der Waals surface area (Å²) in [7, 11) is -4.29. The molecule has 0 aromatic heterocycles. The van der Waals surface area contributed by atoms with E-state index in [9.17, 15) is 18.0 Å². The highest BCUT2D eigenvalue weighted by Crippen LogP contribution is 2.27. The van der Waals surface area contributed by atoms with E-state index in [0.717, 1.165) is 0 Å². The van der Waals surface area contributed by atoms with Crippen LogP contribution in [0.1, 0.15) is 20.7 Å². The maximum Gasteiger partial charge on any atom is 0.318 e. The fourth-order valence-electron chi connectivity index (χ4n) is 1.99. The topological polar surface area (TPSA) is 80.8 Å². The molecule has 0 N–H and O–H groups in total. The molecule has 0 saturated heterocycles. The zero-order valence-corrected chi connectivity index (χ0v) is 12.5. The molecule has 0 fully saturated rings. The summed E-state index contributed by atoms with van der Waals surface area (Å²) in [6, 6.07) is 11.3. The lowest BCUT2D eigenvalue weighted by Crippen LogP contribution is -2.32. The summed E-state index contributed by atoms with van der Waals surface area (Å²) in [6.45, 7) is 0. The Kier molecular flexibility index (Phi) is 3.48. The van der Waals surface area contributed by atoms with Crippen LogP contribution in [0.25, 0.3) is 0 Å². The quantitative estimate of drug-likeness (QED) is 0.802. The van der Waals surface area contributed by atoms with Gasteiger partial charge in [-0.3, -0.25) is 9.59 Å². The number of halogens is 1. The average molecular weight is 338 g/mol. The van der Waals surface area contributed by atoms with Crippen molar-refractivity contribution in [3.8, 4) is 0 Å². The lowest BCUT2D eigenvalue weighted by atomic mass is 10.1. The molecule has 2 aromatic rings. The molecule has 1 aliphatic heterocycles. The van der Waals surface area contributed by atoms with Gasteiger partial charge in [0.05, 0.1) is 16.0 Å².